The predicted molar refractivity (Wildman–Crippen MR) is 84.9 cm³/mol. The van der Waals surface area contributed by atoms with E-state index in [2.05, 4.69) is 9.71 Å². The van der Waals surface area contributed by atoms with E-state index in [1.807, 2.05) is 0 Å². The zero-order valence-electron chi connectivity index (χ0n) is 12.9. The van der Waals surface area contributed by atoms with E-state index in [0.717, 1.165) is 0 Å². The Morgan fingerprint density at radius 1 is 1.35 bits per heavy atom. The number of hydrogen-bond donors (Lipinski definition) is 1. The summed E-state index contributed by atoms with van der Waals surface area (Å²) in [7, 11) is -3.50. The van der Waals surface area contributed by atoms with Crippen LogP contribution in [0.5, 0.6) is 0 Å². The number of nitrogens with zero attached hydrogens (tertiary/aromatic N) is 2. The molecule has 1 fully saturated rings. The van der Waals surface area contributed by atoms with Crippen LogP contribution in [0.2, 0.25) is 0 Å². The Balaban J connectivity index is 1.72. The molecular formula is C15H19N3O4S. The second kappa shape index (κ2) is 6.19. The number of piperidine rings is 1. The van der Waals surface area contributed by atoms with Gasteiger partial charge in [-0.15, -0.1) is 0 Å². The highest BCUT2D eigenvalue weighted by molar-refractivity contribution is 7.90. The van der Waals surface area contributed by atoms with Crippen molar-refractivity contribution < 1.29 is 17.9 Å². The van der Waals surface area contributed by atoms with Crippen molar-refractivity contribution in [2.45, 2.75) is 30.7 Å². The number of nitrogens with one attached hydrogen (secondary N) is 1. The first kappa shape index (κ1) is 15.8. The van der Waals surface area contributed by atoms with E-state index < -0.39 is 10.0 Å². The largest absolute Gasteiger partial charge is 0.450 e. The Kier molecular flexibility index (Phi) is 4.25. The lowest BCUT2D eigenvalue weighted by Crippen LogP contribution is -2.40. The molecule has 1 amide bonds. The van der Waals surface area contributed by atoms with Gasteiger partial charge in [-0.05, 0) is 31.9 Å². The first-order chi connectivity index (χ1) is 11.0. The molecular weight excluding hydrogens is 318 g/mol. The molecule has 0 unspecified atom stereocenters. The van der Waals surface area contributed by atoms with Gasteiger partial charge in [-0.1, -0.05) is 12.1 Å². The molecule has 8 heteroatoms. The van der Waals surface area contributed by atoms with Crippen molar-refractivity contribution in [1.82, 2.24) is 9.62 Å². The third kappa shape index (κ3) is 3.17. The Hall–Kier alpha value is -2.09. The Morgan fingerprint density at radius 2 is 2.04 bits per heavy atom. The number of amides is 1. The highest BCUT2D eigenvalue weighted by Crippen LogP contribution is 2.24. The maximum atomic E-state index is 12.1. The van der Waals surface area contributed by atoms with Crippen LogP contribution in [-0.4, -0.2) is 51.0 Å². The van der Waals surface area contributed by atoms with Crippen molar-refractivity contribution in [3.63, 3.8) is 0 Å². The average molecular weight is 337 g/mol. The van der Waals surface area contributed by atoms with Gasteiger partial charge in [-0.3, -0.25) is 9.71 Å². The maximum Gasteiger partial charge on any atom is 0.409 e. The topological polar surface area (TPSA) is 88.1 Å². The molecule has 1 saturated heterocycles. The van der Waals surface area contributed by atoms with Crippen molar-refractivity contribution in [2.75, 3.05) is 19.7 Å². The van der Waals surface area contributed by atoms with Gasteiger partial charge in [0.2, 0.25) is 0 Å². The molecule has 0 spiro atoms. The number of amidine groups is 1. The monoisotopic (exact) mass is 337 g/mol. The van der Waals surface area contributed by atoms with Crippen LogP contribution in [0.15, 0.2) is 34.2 Å². The first-order valence-electron chi connectivity index (χ1n) is 7.63. The quantitative estimate of drug-likeness (QED) is 0.882. The average Bonchev–Trinajstić information content (AvgIpc) is 2.80. The molecule has 0 aliphatic carbocycles. The van der Waals surface area contributed by atoms with Crippen LogP contribution >= 0.6 is 0 Å². The number of carbonyl (C=O) groups is 1. The zero-order chi connectivity index (χ0) is 16.4. The molecule has 124 valence electrons. The Labute approximate surface area is 135 Å². The summed E-state index contributed by atoms with van der Waals surface area (Å²) in [5.41, 5.74) is 0.611. The molecule has 0 bridgehead atoms. The lowest BCUT2D eigenvalue weighted by Gasteiger charge is -2.29. The summed E-state index contributed by atoms with van der Waals surface area (Å²) in [6, 6.07) is 6.80. The molecule has 0 radical (unpaired) electrons. The van der Waals surface area contributed by atoms with Gasteiger partial charge in [-0.25, -0.2) is 13.2 Å². The molecule has 7 nitrogen and oxygen atoms in total. The highest BCUT2D eigenvalue weighted by atomic mass is 32.2. The number of benzene rings is 1. The number of aliphatic imine (C=N–C) groups is 1. The SMILES string of the molecule is CCOC(=O)N1CCC(N=C2NS(=O)(=O)c3ccccc32)CC1. The number of fused-ring (bicyclic) bond motifs is 1. The second-order valence-electron chi connectivity index (χ2n) is 5.50. The van der Waals surface area contributed by atoms with E-state index >= 15 is 0 Å². The van der Waals surface area contributed by atoms with Crippen molar-refractivity contribution in [2.24, 2.45) is 4.99 Å². The molecule has 0 saturated carbocycles. The minimum atomic E-state index is -3.50. The normalized spacial score (nSPS) is 21.8. The molecule has 2 aliphatic heterocycles. The summed E-state index contributed by atoms with van der Waals surface area (Å²) < 4.78 is 31.6. The Bertz CT molecular complexity index is 737. The molecule has 23 heavy (non-hydrogen) atoms. The molecule has 1 aromatic rings. The maximum absolute atomic E-state index is 12.1. The lowest BCUT2D eigenvalue weighted by molar-refractivity contribution is 0.0975. The highest BCUT2D eigenvalue weighted by Gasteiger charge is 2.31. The second-order valence-corrected chi connectivity index (χ2v) is 7.15. The summed E-state index contributed by atoms with van der Waals surface area (Å²) in [6.45, 7) is 3.27. The van der Waals surface area contributed by atoms with Gasteiger partial charge in [0.05, 0.1) is 17.5 Å². The molecule has 1 N–H and O–H groups in total. The van der Waals surface area contributed by atoms with Crippen LogP contribution in [0.3, 0.4) is 0 Å². The van der Waals surface area contributed by atoms with E-state index in [1.165, 1.54) is 0 Å². The van der Waals surface area contributed by atoms with Gasteiger partial charge >= 0.3 is 6.09 Å². The van der Waals surface area contributed by atoms with Gasteiger partial charge in [0.25, 0.3) is 10.0 Å². The lowest BCUT2D eigenvalue weighted by atomic mass is 10.1. The van der Waals surface area contributed by atoms with Crippen molar-refractivity contribution in [3.8, 4) is 0 Å². The number of carbonyl (C=O) groups excluding carboxylic acids is 1. The van der Waals surface area contributed by atoms with Crippen LogP contribution in [-0.2, 0) is 14.8 Å². The first-order valence-corrected chi connectivity index (χ1v) is 9.11. The Morgan fingerprint density at radius 3 is 2.74 bits per heavy atom. The minimum absolute atomic E-state index is 0.00969. The van der Waals surface area contributed by atoms with Crippen LogP contribution in [0.25, 0.3) is 0 Å². The molecule has 0 atom stereocenters. The number of hydrogen-bond acceptors (Lipinski definition) is 5. The van der Waals surface area contributed by atoms with Gasteiger partial charge in [0, 0.05) is 18.7 Å². The summed E-state index contributed by atoms with van der Waals surface area (Å²) in [5.74, 6) is 0.398. The number of rotatable bonds is 2. The van der Waals surface area contributed by atoms with Crippen molar-refractivity contribution in [1.29, 1.82) is 0 Å². The fourth-order valence-electron chi connectivity index (χ4n) is 2.80. The smallest absolute Gasteiger partial charge is 0.409 e. The van der Waals surface area contributed by atoms with E-state index in [-0.39, 0.29) is 17.0 Å². The zero-order valence-corrected chi connectivity index (χ0v) is 13.7. The van der Waals surface area contributed by atoms with Gasteiger partial charge in [0.1, 0.15) is 5.84 Å². The minimum Gasteiger partial charge on any atom is -0.450 e. The molecule has 0 aromatic heterocycles. The molecule has 2 heterocycles. The van der Waals surface area contributed by atoms with Crippen LogP contribution < -0.4 is 4.72 Å². The van der Waals surface area contributed by atoms with E-state index in [4.69, 9.17) is 4.74 Å². The summed E-state index contributed by atoms with van der Waals surface area (Å²) in [5, 5.41) is 0. The number of likely N-dealkylation sites (tertiary alicyclic amines) is 1. The van der Waals surface area contributed by atoms with Crippen molar-refractivity contribution in [3.05, 3.63) is 29.8 Å². The van der Waals surface area contributed by atoms with Crippen LogP contribution in [0.4, 0.5) is 4.79 Å². The van der Waals surface area contributed by atoms with E-state index in [1.54, 1.807) is 36.1 Å². The fourth-order valence-corrected chi connectivity index (χ4v) is 4.04. The van der Waals surface area contributed by atoms with Crippen LogP contribution in [0, 0.1) is 0 Å². The molecule has 2 aliphatic rings. The number of ether oxygens (including phenoxy) is 1. The third-order valence-electron chi connectivity index (χ3n) is 3.96. The van der Waals surface area contributed by atoms with Gasteiger partial charge in [0.15, 0.2) is 0 Å². The summed E-state index contributed by atoms with van der Waals surface area (Å²) in [4.78, 5) is 18.2. The van der Waals surface area contributed by atoms with E-state index in [0.29, 0.717) is 43.9 Å². The van der Waals surface area contributed by atoms with Gasteiger partial charge < -0.3 is 9.64 Å². The van der Waals surface area contributed by atoms with Gasteiger partial charge in [-0.2, -0.15) is 0 Å². The standard InChI is InChI=1S/C15H19N3O4S/c1-2-22-15(19)18-9-7-11(8-10-18)16-14-12-5-3-4-6-13(12)23(20,21)17-14/h3-6,11H,2,7-10H2,1H3,(H,16,17). The number of sulfonamides is 1. The summed E-state index contributed by atoms with van der Waals surface area (Å²) in [6.07, 6.45) is 1.07. The molecule has 3 rings (SSSR count). The predicted octanol–water partition coefficient (Wildman–Crippen LogP) is 1.35. The fraction of sp³-hybridized carbons (Fsp3) is 0.467. The third-order valence-corrected chi connectivity index (χ3v) is 5.36. The summed E-state index contributed by atoms with van der Waals surface area (Å²) >= 11 is 0. The van der Waals surface area contributed by atoms with Crippen LogP contribution in [0.1, 0.15) is 25.3 Å². The molecule has 1 aromatic carbocycles. The van der Waals surface area contributed by atoms with Crippen molar-refractivity contribution >= 4 is 22.0 Å². The van der Waals surface area contributed by atoms with E-state index in [9.17, 15) is 13.2 Å².